The highest BCUT2D eigenvalue weighted by atomic mass is 19.4. The maximum atomic E-state index is 12.5. The number of halogens is 3. The van der Waals surface area contributed by atoms with Gasteiger partial charge in [-0.25, -0.2) is 4.98 Å². The molecule has 2 aromatic rings. The molecule has 0 radical (unpaired) electrons. The van der Waals surface area contributed by atoms with Gasteiger partial charge in [0.2, 0.25) is 0 Å². The highest BCUT2D eigenvalue weighted by Crippen LogP contribution is 2.32. The van der Waals surface area contributed by atoms with Gasteiger partial charge in [-0.1, -0.05) is 0 Å². The van der Waals surface area contributed by atoms with Crippen LogP contribution in [-0.4, -0.2) is 14.8 Å². The fourth-order valence-corrected chi connectivity index (χ4v) is 1.55. The predicted molar refractivity (Wildman–Crippen MR) is 60.5 cm³/mol. The van der Waals surface area contributed by atoms with E-state index in [1.807, 2.05) is 0 Å². The van der Waals surface area contributed by atoms with Crippen molar-refractivity contribution < 1.29 is 13.2 Å². The van der Waals surface area contributed by atoms with Gasteiger partial charge < -0.3 is 5.32 Å². The van der Waals surface area contributed by atoms with Gasteiger partial charge in [-0.15, -0.1) is 0 Å². The van der Waals surface area contributed by atoms with E-state index in [0.29, 0.717) is 11.6 Å². The first-order chi connectivity index (χ1) is 8.38. The minimum Gasteiger partial charge on any atom is -0.325 e. The average Bonchev–Trinajstić information content (AvgIpc) is 2.62. The van der Waals surface area contributed by atoms with Crippen molar-refractivity contribution in [3.8, 4) is 0 Å². The summed E-state index contributed by atoms with van der Waals surface area (Å²) in [6.07, 6.45) is -1.96. The molecular formula is C11H11F3N4. The van der Waals surface area contributed by atoms with E-state index in [0.717, 1.165) is 6.20 Å². The molecule has 0 atom stereocenters. The van der Waals surface area contributed by atoms with E-state index in [4.69, 9.17) is 0 Å². The molecule has 0 aliphatic heterocycles. The number of nitrogens with one attached hydrogen (secondary N) is 1. The third-order valence-corrected chi connectivity index (χ3v) is 2.49. The van der Waals surface area contributed by atoms with Crippen molar-refractivity contribution in [1.29, 1.82) is 0 Å². The predicted octanol–water partition coefficient (Wildman–Crippen LogP) is 2.89. The van der Waals surface area contributed by atoms with Crippen LogP contribution in [-0.2, 0) is 13.2 Å². The number of anilines is 2. The van der Waals surface area contributed by atoms with Gasteiger partial charge in [-0.3, -0.25) is 4.68 Å². The van der Waals surface area contributed by atoms with Crippen molar-refractivity contribution in [1.82, 2.24) is 14.8 Å². The molecule has 0 amide bonds. The van der Waals surface area contributed by atoms with E-state index in [1.165, 1.54) is 13.0 Å². The Hall–Kier alpha value is -2.05. The zero-order valence-corrected chi connectivity index (χ0v) is 9.78. The third kappa shape index (κ3) is 2.44. The minimum absolute atomic E-state index is 0.127. The van der Waals surface area contributed by atoms with E-state index in [9.17, 15) is 13.2 Å². The molecule has 4 nitrogen and oxygen atoms in total. The molecule has 0 spiro atoms. The number of hydrogen-bond donors (Lipinski definition) is 1. The zero-order valence-electron chi connectivity index (χ0n) is 9.78. The summed E-state index contributed by atoms with van der Waals surface area (Å²) in [7, 11) is 1.72. The molecule has 7 heteroatoms. The molecule has 2 aromatic heterocycles. The van der Waals surface area contributed by atoms with Crippen LogP contribution in [0.25, 0.3) is 0 Å². The van der Waals surface area contributed by atoms with Crippen molar-refractivity contribution in [2.24, 2.45) is 7.05 Å². The molecular weight excluding hydrogens is 245 g/mol. The molecule has 0 fully saturated rings. The molecule has 0 bridgehead atoms. The van der Waals surface area contributed by atoms with E-state index in [1.54, 1.807) is 24.0 Å². The maximum absolute atomic E-state index is 12.5. The van der Waals surface area contributed by atoms with E-state index >= 15 is 0 Å². The summed E-state index contributed by atoms with van der Waals surface area (Å²) in [6, 6.07) is 3.06. The summed E-state index contributed by atoms with van der Waals surface area (Å²) in [5.41, 5.74) is -0.597. The van der Waals surface area contributed by atoms with Gasteiger partial charge in [0.15, 0.2) is 0 Å². The number of hydrogen-bond acceptors (Lipinski definition) is 3. The van der Waals surface area contributed by atoms with Crippen LogP contribution in [0, 0.1) is 6.92 Å². The number of alkyl halides is 3. The number of aryl methyl sites for hydroxylation is 2. The second-order valence-electron chi connectivity index (χ2n) is 3.85. The van der Waals surface area contributed by atoms with Crippen molar-refractivity contribution in [3.63, 3.8) is 0 Å². The third-order valence-electron chi connectivity index (χ3n) is 2.49. The Morgan fingerprint density at radius 3 is 2.56 bits per heavy atom. The summed E-state index contributed by atoms with van der Waals surface area (Å²) in [5.74, 6) is 1.01. The first kappa shape index (κ1) is 12.4. The molecule has 1 N–H and O–H groups in total. The first-order valence-corrected chi connectivity index (χ1v) is 5.17. The lowest BCUT2D eigenvalue weighted by Crippen LogP contribution is -2.09. The second-order valence-corrected chi connectivity index (χ2v) is 3.85. The van der Waals surface area contributed by atoms with Crippen molar-refractivity contribution in [3.05, 3.63) is 35.7 Å². The second kappa shape index (κ2) is 4.32. The van der Waals surface area contributed by atoms with Crippen LogP contribution >= 0.6 is 0 Å². The average molecular weight is 256 g/mol. The topological polar surface area (TPSA) is 42.7 Å². The Bertz CT molecular complexity index is 560. The molecule has 2 rings (SSSR count). The number of rotatable bonds is 2. The van der Waals surface area contributed by atoms with E-state index in [2.05, 4.69) is 15.4 Å². The number of aromatic nitrogens is 3. The maximum Gasteiger partial charge on any atom is 0.418 e. The van der Waals surface area contributed by atoms with Gasteiger partial charge in [0, 0.05) is 19.3 Å². The minimum atomic E-state index is -4.37. The summed E-state index contributed by atoms with van der Waals surface area (Å²) < 4.78 is 39.2. The SMILES string of the molecule is Cc1cc(Nc2ccnn2C)ncc1C(F)(F)F. The summed E-state index contributed by atoms with van der Waals surface area (Å²) in [6.45, 7) is 1.40. The van der Waals surface area contributed by atoms with Crippen LogP contribution < -0.4 is 5.32 Å². The molecule has 0 aromatic carbocycles. The van der Waals surface area contributed by atoms with Crippen molar-refractivity contribution in [2.45, 2.75) is 13.1 Å². The van der Waals surface area contributed by atoms with Crippen molar-refractivity contribution in [2.75, 3.05) is 5.32 Å². The van der Waals surface area contributed by atoms with Crippen LogP contribution in [0.15, 0.2) is 24.5 Å². The summed E-state index contributed by atoms with van der Waals surface area (Å²) in [5, 5.41) is 6.83. The fourth-order valence-electron chi connectivity index (χ4n) is 1.55. The molecule has 0 unspecified atom stereocenters. The monoisotopic (exact) mass is 256 g/mol. The summed E-state index contributed by atoms with van der Waals surface area (Å²) >= 11 is 0. The Morgan fingerprint density at radius 1 is 1.33 bits per heavy atom. The number of nitrogens with zero attached hydrogens (tertiary/aromatic N) is 3. The highest BCUT2D eigenvalue weighted by Gasteiger charge is 2.32. The fraction of sp³-hybridized carbons (Fsp3) is 0.273. The smallest absolute Gasteiger partial charge is 0.325 e. The molecule has 0 aliphatic rings. The first-order valence-electron chi connectivity index (χ1n) is 5.17. The Labute approximate surface area is 101 Å². The van der Waals surface area contributed by atoms with Crippen LogP contribution in [0.5, 0.6) is 0 Å². The zero-order chi connectivity index (χ0) is 13.3. The lowest BCUT2D eigenvalue weighted by atomic mass is 10.1. The largest absolute Gasteiger partial charge is 0.418 e. The Morgan fingerprint density at radius 2 is 2.06 bits per heavy atom. The van der Waals surface area contributed by atoms with Gasteiger partial charge >= 0.3 is 6.18 Å². The van der Waals surface area contributed by atoms with Crippen LogP contribution in [0.3, 0.4) is 0 Å². The van der Waals surface area contributed by atoms with Gasteiger partial charge in [0.1, 0.15) is 11.6 Å². The standard InChI is InChI=1S/C11H11F3N4/c1-7-5-9(15-6-8(7)11(12,13)14)17-10-3-4-16-18(10)2/h3-6H,1-2H3,(H,15,17). The van der Waals surface area contributed by atoms with E-state index < -0.39 is 11.7 Å². The van der Waals surface area contributed by atoms with Crippen LogP contribution in [0.4, 0.5) is 24.8 Å². The summed E-state index contributed by atoms with van der Waals surface area (Å²) in [4.78, 5) is 3.75. The Balaban J connectivity index is 2.27. The molecule has 0 aliphatic carbocycles. The van der Waals surface area contributed by atoms with Gasteiger partial charge in [-0.2, -0.15) is 18.3 Å². The van der Waals surface area contributed by atoms with Crippen LogP contribution in [0.2, 0.25) is 0 Å². The van der Waals surface area contributed by atoms with Crippen molar-refractivity contribution >= 4 is 11.6 Å². The molecule has 0 saturated carbocycles. The quantitative estimate of drug-likeness (QED) is 0.898. The molecule has 2 heterocycles. The highest BCUT2D eigenvalue weighted by molar-refractivity contribution is 5.53. The van der Waals surface area contributed by atoms with Crippen LogP contribution in [0.1, 0.15) is 11.1 Å². The molecule has 96 valence electrons. The Kier molecular flexibility index (Phi) is 2.98. The van der Waals surface area contributed by atoms with Gasteiger partial charge in [0.05, 0.1) is 11.8 Å². The normalized spacial score (nSPS) is 11.6. The van der Waals surface area contributed by atoms with Gasteiger partial charge in [0.25, 0.3) is 0 Å². The van der Waals surface area contributed by atoms with Gasteiger partial charge in [-0.05, 0) is 18.6 Å². The molecule has 18 heavy (non-hydrogen) atoms. The lowest BCUT2D eigenvalue weighted by Gasteiger charge is -2.11. The van der Waals surface area contributed by atoms with E-state index in [-0.39, 0.29) is 5.56 Å². The molecule has 0 saturated heterocycles. The lowest BCUT2D eigenvalue weighted by molar-refractivity contribution is -0.138. The number of pyridine rings is 1.